The van der Waals surface area contributed by atoms with E-state index in [0.717, 1.165) is 42.9 Å². The quantitative estimate of drug-likeness (QED) is 0.787. The van der Waals surface area contributed by atoms with E-state index in [1.54, 1.807) is 4.90 Å². The first kappa shape index (κ1) is 18.5. The van der Waals surface area contributed by atoms with Gasteiger partial charge in [-0.15, -0.1) is 0 Å². The molecule has 2 aromatic carbocycles. The minimum Gasteiger partial charge on any atom is -0.457 e. The van der Waals surface area contributed by atoms with Crippen LogP contribution >= 0.6 is 0 Å². The highest BCUT2D eigenvalue weighted by Gasteiger charge is 2.36. The summed E-state index contributed by atoms with van der Waals surface area (Å²) in [6, 6.07) is 17.2. The van der Waals surface area contributed by atoms with Crippen LogP contribution in [0.5, 0.6) is 11.5 Å². The zero-order valence-electron chi connectivity index (χ0n) is 16.2. The number of piperidine rings is 1. The van der Waals surface area contributed by atoms with E-state index in [0.29, 0.717) is 13.1 Å². The molecule has 28 heavy (non-hydrogen) atoms. The summed E-state index contributed by atoms with van der Waals surface area (Å²) in [7, 11) is 1.82. The number of rotatable bonds is 5. The summed E-state index contributed by atoms with van der Waals surface area (Å²) < 4.78 is 5.81. The summed E-state index contributed by atoms with van der Waals surface area (Å²) in [5.41, 5.74) is 0.849. The van der Waals surface area contributed by atoms with E-state index < -0.39 is 0 Å². The first-order chi connectivity index (χ1) is 13.6. The molecule has 1 saturated heterocycles. The van der Waals surface area contributed by atoms with Crippen LogP contribution in [0.4, 0.5) is 5.69 Å². The van der Waals surface area contributed by atoms with Gasteiger partial charge in [-0.05, 0) is 62.1 Å². The second-order valence-corrected chi connectivity index (χ2v) is 7.68. The molecule has 2 fully saturated rings. The summed E-state index contributed by atoms with van der Waals surface area (Å²) in [5, 5.41) is 0. The lowest BCUT2D eigenvalue weighted by Gasteiger charge is -2.33. The van der Waals surface area contributed by atoms with Crippen LogP contribution < -0.4 is 9.64 Å². The third-order valence-electron chi connectivity index (χ3n) is 5.62. The van der Waals surface area contributed by atoms with Gasteiger partial charge in [0.25, 0.3) is 0 Å². The van der Waals surface area contributed by atoms with Gasteiger partial charge in [0.05, 0.1) is 0 Å². The number of ether oxygens (including phenoxy) is 1. The van der Waals surface area contributed by atoms with Gasteiger partial charge in [-0.3, -0.25) is 9.59 Å². The minimum atomic E-state index is -0.0199. The molecule has 1 aliphatic heterocycles. The SMILES string of the molecule is CN(C(=O)C1CCN(C(=O)C2CC2)CC1)c1ccc(Oc2ccccc2)cc1. The molecule has 0 aromatic heterocycles. The molecule has 1 saturated carbocycles. The van der Waals surface area contributed by atoms with E-state index in [2.05, 4.69) is 0 Å². The maximum Gasteiger partial charge on any atom is 0.229 e. The summed E-state index contributed by atoms with van der Waals surface area (Å²) in [6.45, 7) is 1.40. The molecule has 0 atom stereocenters. The van der Waals surface area contributed by atoms with Gasteiger partial charge >= 0.3 is 0 Å². The van der Waals surface area contributed by atoms with Crippen molar-refractivity contribution in [3.8, 4) is 11.5 Å². The van der Waals surface area contributed by atoms with Crippen LogP contribution in [0.25, 0.3) is 0 Å². The normalized spacial score (nSPS) is 17.2. The van der Waals surface area contributed by atoms with Crippen molar-refractivity contribution in [1.29, 1.82) is 0 Å². The lowest BCUT2D eigenvalue weighted by Crippen LogP contribution is -2.44. The van der Waals surface area contributed by atoms with Crippen molar-refractivity contribution >= 4 is 17.5 Å². The van der Waals surface area contributed by atoms with Crippen molar-refractivity contribution in [2.24, 2.45) is 11.8 Å². The van der Waals surface area contributed by atoms with E-state index in [9.17, 15) is 9.59 Å². The van der Waals surface area contributed by atoms with Crippen molar-refractivity contribution in [3.05, 3.63) is 54.6 Å². The fourth-order valence-corrected chi connectivity index (χ4v) is 3.70. The molecule has 0 radical (unpaired) electrons. The van der Waals surface area contributed by atoms with Crippen LogP contribution in [0.1, 0.15) is 25.7 Å². The van der Waals surface area contributed by atoms with Crippen LogP contribution in [0.2, 0.25) is 0 Å². The molecule has 146 valence electrons. The van der Waals surface area contributed by atoms with Gasteiger partial charge in [-0.2, -0.15) is 0 Å². The molecule has 2 amide bonds. The highest BCUT2D eigenvalue weighted by Crippen LogP contribution is 2.33. The van der Waals surface area contributed by atoms with Gasteiger partial charge < -0.3 is 14.5 Å². The van der Waals surface area contributed by atoms with Crippen LogP contribution in [-0.4, -0.2) is 36.9 Å². The van der Waals surface area contributed by atoms with E-state index in [1.807, 2.05) is 66.5 Å². The molecule has 0 N–H and O–H groups in total. The van der Waals surface area contributed by atoms with Gasteiger partial charge in [-0.1, -0.05) is 18.2 Å². The molecule has 5 nitrogen and oxygen atoms in total. The molecule has 1 aliphatic carbocycles. The molecule has 5 heteroatoms. The summed E-state index contributed by atoms with van der Waals surface area (Å²) in [6.07, 6.45) is 3.56. The van der Waals surface area contributed by atoms with Crippen LogP contribution in [0.15, 0.2) is 54.6 Å². The molecule has 4 rings (SSSR count). The second-order valence-electron chi connectivity index (χ2n) is 7.68. The lowest BCUT2D eigenvalue weighted by molar-refractivity contribution is -0.136. The lowest BCUT2D eigenvalue weighted by atomic mass is 9.95. The minimum absolute atomic E-state index is 0.0199. The van der Waals surface area contributed by atoms with Crippen molar-refractivity contribution in [3.63, 3.8) is 0 Å². The Kier molecular flexibility index (Phi) is 5.33. The monoisotopic (exact) mass is 378 g/mol. The Labute approximate surface area is 165 Å². The van der Waals surface area contributed by atoms with Crippen LogP contribution in [0.3, 0.4) is 0 Å². The number of likely N-dealkylation sites (tertiary alicyclic amines) is 1. The zero-order valence-corrected chi connectivity index (χ0v) is 16.2. The molecule has 1 heterocycles. The second kappa shape index (κ2) is 8.05. The average molecular weight is 378 g/mol. The largest absolute Gasteiger partial charge is 0.457 e. The number of nitrogens with zero attached hydrogens (tertiary/aromatic N) is 2. The van der Waals surface area contributed by atoms with Crippen molar-refractivity contribution in [2.45, 2.75) is 25.7 Å². The van der Waals surface area contributed by atoms with Gasteiger partial charge in [0, 0.05) is 37.7 Å². The van der Waals surface area contributed by atoms with Crippen molar-refractivity contribution < 1.29 is 14.3 Å². The van der Waals surface area contributed by atoms with Crippen LogP contribution in [0, 0.1) is 11.8 Å². The highest BCUT2D eigenvalue weighted by molar-refractivity contribution is 5.94. The third-order valence-corrected chi connectivity index (χ3v) is 5.62. The van der Waals surface area contributed by atoms with Crippen molar-refractivity contribution in [2.75, 3.05) is 25.0 Å². The number of anilines is 1. The number of benzene rings is 2. The molecule has 0 bridgehead atoms. The van der Waals surface area contributed by atoms with Crippen molar-refractivity contribution in [1.82, 2.24) is 4.90 Å². The maximum atomic E-state index is 12.9. The number of hydrogen-bond donors (Lipinski definition) is 0. The maximum absolute atomic E-state index is 12.9. The van der Waals surface area contributed by atoms with E-state index in [-0.39, 0.29) is 23.7 Å². The fourth-order valence-electron chi connectivity index (χ4n) is 3.70. The van der Waals surface area contributed by atoms with Gasteiger partial charge in [0.1, 0.15) is 11.5 Å². The van der Waals surface area contributed by atoms with Gasteiger partial charge in [0.15, 0.2) is 0 Å². The highest BCUT2D eigenvalue weighted by atomic mass is 16.5. The van der Waals surface area contributed by atoms with E-state index in [1.165, 1.54) is 0 Å². The number of amides is 2. The standard InChI is InChI=1S/C23H26N2O3/c1-24(19-9-11-21(12-10-19)28-20-5-3-2-4-6-20)22(26)18-13-15-25(16-14-18)23(27)17-7-8-17/h2-6,9-12,17-18H,7-8,13-16H2,1H3. The molecular formula is C23H26N2O3. The third kappa shape index (κ3) is 4.19. The smallest absolute Gasteiger partial charge is 0.229 e. The first-order valence-electron chi connectivity index (χ1n) is 10.0. The topological polar surface area (TPSA) is 49.9 Å². The van der Waals surface area contributed by atoms with Crippen LogP contribution in [-0.2, 0) is 9.59 Å². The Morgan fingerprint density at radius 3 is 2.07 bits per heavy atom. The molecule has 0 unspecified atom stereocenters. The molecule has 0 spiro atoms. The van der Waals surface area contributed by atoms with E-state index in [4.69, 9.17) is 4.74 Å². The Bertz CT molecular complexity index is 823. The Morgan fingerprint density at radius 1 is 0.857 bits per heavy atom. The summed E-state index contributed by atoms with van der Waals surface area (Å²) in [5.74, 6) is 2.17. The zero-order chi connectivity index (χ0) is 19.5. The molecule has 2 aromatic rings. The number of para-hydroxylation sites is 1. The van der Waals surface area contributed by atoms with E-state index >= 15 is 0 Å². The van der Waals surface area contributed by atoms with Gasteiger partial charge in [0.2, 0.25) is 11.8 Å². The predicted octanol–water partition coefficient (Wildman–Crippen LogP) is 4.09. The van der Waals surface area contributed by atoms with Gasteiger partial charge in [-0.25, -0.2) is 0 Å². The molecular weight excluding hydrogens is 352 g/mol. The Hall–Kier alpha value is -2.82. The number of hydrogen-bond acceptors (Lipinski definition) is 3. The summed E-state index contributed by atoms with van der Waals surface area (Å²) in [4.78, 5) is 28.7. The molecule has 2 aliphatic rings. The number of carbonyl (C=O) groups excluding carboxylic acids is 2. The fraction of sp³-hybridized carbons (Fsp3) is 0.391. The average Bonchev–Trinajstić information content (AvgIpc) is 3.59. The Morgan fingerprint density at radius 2 is 1.46 bits per heavy atom. The summed E-state index contributed by atoms with van der Waals surface area (Å²) >= 11 is 0. The predicted molar refractivity (Wildman–Crippen MR) is 108 cm³/mol. The first-order valence-corrected chi connectivity index (χ1v) is 10.0. The number of carbonyl (C=O) groups is 2. The Balaban J connectivity index is 1.33.